The van der Waals surface area contributed by atoms with Gasteiger partial charge in [0.1, 0.15) is 5.60 Å². The Hall–Kier alpha value is -1.52. The third-order valence-electron chi connectivity index (χ3n) is 3.26. The molecule has 0 bridgehead atoms. The van der Waals surface area contributed by atoms with Gasteiger partial charge in [0.05, 0.1) is 7.11 Å². The first kappa shape index (κ1) is 16.5. The van der Waals surface area contributed by atoms with Gasteiger partial charge < -0.3 is 14.4 Å². The van der Waals surface area contributed by atoms with Gasteiger partial charge in [-0.25, -0.2) is 9.59 Å². The molecule has 1 aliphatic heterocycles. The third kappa shape index (κ3) is 5.23. The van der Waals surface area contributed by atoms with Crippen LogP contribution in [-0.4, -0.2) is 42.8 Å². The van der Waals surface area contributed by atoms with Gasteiger partial charge >= 0.3 is 12.1 Å². The summed E-state index contributed by atoms with van der Waals surface area (Å²) in [6.45, 7) is 8.77. The topological polar surface area (TPSA) is 55.8 Å². The number of hydrogen-bond donors (Lipinski definition) is 0. The van der Waals surface area contributed by atoms with E-state index in [2.05, 4.69) is 4.74 Å². The van der Waals surface area contributed by atoms with Crippen LogP contribution in [0.5, 0.6) is 0 Å². The highest BCUT2D eigenvalue weighted by atomic mass is 16.6. The van der Waals surface area contributed by atoms with Gasteiger partial charge in [-0.3, -0.25) is 0 Å². The van der Waals surface area contributed by atoms with Crippen molar-refractivity contribution < 1.29 is 19.1 Å². The first-order valence-corrected chi connectivity index (χ1v) is 6.97. The first-order chi connectivity index (χ1) is 9.23. The van der Waals surface area contributed by atoms with Crippen molar-refractivity contribution in [2.45, 2.75) is 46.1 Å². The largest absolute Gasteiger partial charge is 0.466 e. The molecule has 5 nitrogen and oxygen atoms in total. The predicted octanol–water partition coefficient (Wildman–Crippen LogP) is 2.75. The molecule has 0 radical (unpaired) electrons. The highest BCUT2D eigenvalue weighted by Crippen LogP contribution is 2.24. The van der Waals surface area contributed by atoms with Crippen molar-refractivity contribution in [3.63, 3.8) is 0 Å². The molecule has 0 saturated carbocycles. The molecule has 0 N–H and O–H groups in total. The Balaban J connectivity index is 2.65. The van der Waals surface area contributed by atoms with Crippen molar-refractivity contribution in [2.24, 2.45) is 5.92 Å². The summed E-state index contributed by atoms with van der Waals surface area (Å²) < 4.78 is 10.0. The minimum Gasteiger partial charge on any atom is -0.466 e. The molecule has 1 rings (SSSR count). The Kier molecular flexibility index (Phi) is 5.60. The van der Waals surface area contributed by atoms with Crippen molar-refractivity contribution in [1.82, 2.24) is 4.90 Å². The molecule has 0 aromatic heterocycles. The molecule has 114 valence electrons. The molecule has 1 atom stereocenters. The quantitative estimate of drug-likeness (QED) is 0.577. The first-order valence-electron chi connectivity index (χ1n) is 6.97. The van der Waals surface area contributed by atoms with Crippen LogP contribution in [0, 0.1) is 5.92 Å². The van der Waals surface area contributed by atoms with Gasteiger partial charge in [-0.1, -0.05) is 5.57 Å². The monoisotopic (exact) mass is 283 g/mol. The molecule has 0 aromatic rings. The van der Waals surface area contributed by atoms with Crippen molar-refractivity contribution in [1.29, 1.82) is 0 Å². The molecule has 1 fully saturated rings. The zero-order valence-electron chi connectivity index (χ0n) is 13.1. The maximum atomic E-state index is 12.1. The Morgan fingerprint density at radius 3 is 2.50 bits per heavy atom. The van der Waals surface area contributed by atoms with Crippen molar-refractivity contribution in [3.05, 3.63) is 11.6 Å². The molecule has 1 aliphatic rings. The van der Waals surface area contributed by atoms with Gasteiger partial charge in [0.25, 0.3) is 0 Å². The highest BCUT2D eigenvalue weighted by molar-refractivity contribution is 5.82. The van der Waals surface area contributed by atoms with E-state index in [4.69, 9.17) is 4.74 Å². The smallest absolute Gasteiger partial charge is 0.410 e. The van der Waals surface area contributed by atoms with Gasteiger partial charge in [-0.2, -0.15) is 0 Å². The predicted molar refractivity (Wildman–Crippen MR) is 76.3 cm³/mol. The van der Waals surface area contributed by atoms with Gasteiger partial charge in [0, 0.05) is 19.2 Å². The molecule has 1 saturated heterocycles. The molecule has 0 spiro atoms. The molecule has 20 heavy (non-hydrogen) atoms. The SMILES string of the molecule is COC(=O)/C=C(/C)C1CCCN(C(=O)OC(C)(C)C)C1. The number of amides is 1. The molecule has 1 unspecified atom stereocenters. The summed E-state index contributed by atoms with van der Waals surface area (Å²) >= 11 is 0. The number of methoxy groups -OCH3 is 1. The lowest BCUT2D eigenvalue weighted by atomic mass is 9.91. The minimum atomic E-state index is -0.485. The van der Waals surface area contributed by atoms with Crippen LogP contribution >= 0.6 is 0 Å². The van der Waals surface area contributed by atoms with Crippen LogP contribution in [-0.2, 0) is 14.3 Å². The van der Waals surface area contributed by atoms with E-state index in [-0.39, 0.29) is 18.0 Å². The molecule has 1 heterocycles. The van der Waals surface area contributed by atoms with E-state index in [1.165, 1.54) is 13.2 Å². The van der Waals surface area contributed by atoms with Crippen LogP contribution < -0.4 is 0 Å². The molecular formula is C15H25NO4. The summed E-state index contributed by atoms with van der Waals surface area (Å²) in [6.07, 6.45) is 3.10. The van der Waals surface area contributed by atoms with Crippen LogP contribution in [0.25, 0.3) is 0 Å². The second kappa shape index (κ2) is 6.77. The van der Waals surface area contributed by atoms with E-state index in [9.17, 15) is 9.59 Å². The lowest BCUT2D eigenvalue weighted by Gasteiger charge is -2.34. The van der Waals surface area contributed by atoms with E-state index >= 15 is 0 Å². The molecule has 0 aliphatic carbocycles. The number of esters is 1. The lowest BCUT2D eigenvalue weighted by Crippen LogP contribution is -2.43. The average Bonchev–Trinajstić information content (AvgIpc) is 2.36. The van der Waals surface area contributed by atoms with Crippen molar-refractivity contribution in [3.8, 4) is 0 Å². The summed E-state index contributed by atoms with van der Waals surface area (Å²) in [5.41, 5.74) is 0.464. The minimum absolute atomic E-state index is 0.190. The lowest BCUT2D eigenvalue weighted by molar-refractivity contribution is -0.134. The van der Waals surface area contributed by atoms with Crippen LogP contribution in [0.15, 0.2) is 11.6 Å². The standard InChI is InChI=1S/C15H25NO4/c1-11(9-13(17)19-5)12-7-6-8-16(10-12)14(18)20-15(2,3)4/h9,12H,6-8,10H2,1-5H3/b11-9-. The number of likely N-dealkylation sites (tertiary alicyclic amines) is 1. The van der Waals surface area contributed by atoms with Crippen LogP contribution in [0.1, 0.15) is 40.5 Å². The number of nitrogens with zero attached hydrogens (tertiary/aromatic N) is 1. The van der Waals surface area contributed by atoms with Crippen molar-refractivity contribution in [2.75, 3.05) is 20.2 Å². The Bertz CT molecular complexity index is 395. The maximum absolute atomic E-state index is 12.1. The summed E-state index contributed by atoms with van der Waals surface area (Å²) in [5, 5.41) is 0. The zero-order chi connectivity index (χ0) is 15.3. The fourth-order valence-electron chi connectivity index (χ4n) is 2.20. The third-order valence-corrected chi connectivity index (χ3v) is 3.26. The van der Waals surface area contributed by atoms with Gasteiger partial charge in [0.15, 0.2) is 0 Å². The summed E-state index contributed by atoms with van der Waals surface area (Å²) in [7, 11) is 1.36. The van der Waals surface area contributed by atoms with Gasteiger partial charge in [0.2, 0.25) is 0 Å². The number of carbonyl (C=O) groups excluding carboxylic acids is 2. The number of carbonyl (C=O) groups is 2. The van der Waals surface area contributed by atoms with Crippen LogP contribution in [0.3, 0.4) is 0 Å². The second-order valence-electron chi connectivity index (χ2n) is 6.18. The molecule has 5 heteroatoms. The highest BCUT2D eigenvalue weighted by Gasteiger charge is 2.28. The van der Waals surface area contributed by atoms with E-state index in [1.54, 1.807) is 4.90 Å². The fraction of sp³-hybridized carbons (Fsp3) is 0.733. The summed E-state index contributed by atoms with van der Waals surface area (Å²) in [6, 6.07) is 0. The second-order valence-corrected chi connectivity index (χ2v) is 6.18. The van der Waals surface area contributed by atoms with Gasteiger partial charge in [-0.15, -0.1) is 0 Å². The Morgan fingerprint density at radius 1 is 1.30 bits per heavy atom. The average molecular weight is 283 g/mol. The van der Waals surface area contributed by atoms with Crippen LogP contribution in [0.2, 0.25) is 0 Å². The van der Waals surface area contributed by atoms with E-state index in [0.29, 0.717) is 13.1 Å². The van der Waals surface area contributed by atoms with E-state index in [1.807, 2.05) is 27.7 Å². The summed E-state index contributed by atoms with van der Waals surface area (Å²) in [4.78, 5) is 25.0. The number of hydrogen-bond acceptors (Lipinski definition) is 4. The number of rotatable bonds is 2. The summed E-state index contributed by atoms with van der Waals surface area (Å²) in [5.74, 6) is -0.160. The van der Waals surface area contributed by atoms with E-state index < -0.39 is 5.60 Å². The molecular weight excluding hydrogens is 258 g/mol. The normalized spacial score (nSPS) is 20.6. The van der Waals surface area contributed by atoms with Gasteiger partial charge in [-0.05, 0) is 46.5 Å². The van der Waals surface area contributed by atoms with Crippen molar-refractivity contribution >= 4 is 12.1 Å². The Labute approximate surface area is 120 Å². The van der Waals surface area contributed by atoms with Crippen LogP contribution in [0.4, 0.5) is 4.79 Å². The van der Waals surface area contributed by atoms with E-state index in [0.717, 1.165) is 18.4 Å². The number of ether oxygens (including phenoxy) is 2. The molecule has 1 amide bonds. The number of piperidine rings is 1. The molecule has 0 aromatic carbocycles. The zero-order valence-corrected chi connectivity index (χ0v) is 13.1. The fourth-order valence-corrected chi connectivity index (χ4v) is 2.20. The maximum Gasteiger partial charge on any atom is 0.410 e. The Morgan fingerprint density at radius 2 is 1.95 bits per heavy atom.